The van der Waals surface area contributed by atoms with Gasteiger partial charge in [-0.25, -0.2) is 4.39 Å². The van der Waals surface area contributed by atoms with Crippen molar-refractivity contribution in [3.8, 4) is 0 Å². The molecule has 8 heteroatoms. The topological polar surface area (TPSA) is 43.6 Å². The maximum absolute atomic E-state index is 13.5. The van der Waals surface area contributed by atoms with Crippen molar-refractivity contribution in [2.24, 2.45) is 4.99 Å². The zero-order chi connectivity index (χ0) is 17.1. The first-order valence-electron chi connectivity index (χ1n) is 7.29. The third-order valence-electron chi connectivity index (χ3n) is 3.29. The second kappa shape index (κ2) is 7.57. The van der Waals surface area contributed by atoms with Crippen LogP contribution in [-0.2, 0) is 11.3 Å². The molecule has 0 unspecified atom stereocenters. The minimum atomic E-state index is -0.357. The highest BCUT2D eigenvalue weighted by molar-refractivity contribution is 7.18. The number of fused-ring (bicyclic) bond motifs is 1. The molecule has 0 spiro atoms. The van der Waals surface area contributed by atoms with Crippen molar-refractivity contribution < 1.29 is 13.9 Å². The van der Waals surface area contributed by atoms with Crippen LogP contribution in [0.25, 0.3) is 10.2 Å². The van der Waals surface area contributed by atoms with Crippen LogP contribution in [0.15, 0.2) is 35.3 Å². The van der Waals surface area contributed by atoms with Gasteiger partial charge in [0.1, 0.15) is 5.82 Å². The number of carbonyl (C=O) groups is 1. The molecule has 2 heterocycles. The molecule has 0 aliphatic rings. The SMILES string of the molecule is CCOCCn1c(=NC(=O)c2ccc(Cl)s2)sc2cc(F)ccc21. The number of carbonyl (C=O) groups excluding carboxylic acids is 1. The maximum atomic E-state index is 13.5. The highest BCUT2D eigenvalue weighted by atomic mass is 35.5. The molecule has 4 nitrogen and oxygen atoms in total. The second-order valence-electron chi connectivity index (χ2n) is 4.87. The van der Waals surface area contributed by atoms with E-state index in [9.17, 15) is 9.18 Å². The van der Waals surface area contributed by atoms with Crippen molar-refractivity contribution in [2.75, 3.05) is 13.2 Å². The molecule has 0 aliphatic carbocycles. The first-order chi connectivity index (χ1) is 11.6. The average Bonchev–Trinajstić information content (AvgIpc) is 3.11. The van der Waals surface area contributed by atoms with E-state index < -0.39 is 0 Å². The van der Waals surface area contributed by atoms with Crippen molar-refractivity contribution in [3.63, 3.8) is 0 Å². The Balaban J connectivity index is 2.06. The van der Waals surface area contributed by atoms with Gasteiger partial charge in [0.05, 0.1) is 26.0 Å². The van der Waals surface area contributed by atoms with Gasteiger partial charge in [-0.2, -0.15) is 4.99 Å². The van der Waals surface area contributed by atoms with Crippen LogP contribution >= 0.6 is 34.3 Å². The van der Waals surface area contributed by atoms with Gasteiger partial charge in [-0.3, -0.25) is 4.79 Å². The number of benzene rings is 1. The lowest BCUT2D eigenvalue weighted by Gasteiger charge is -2.05. The summed E-state index contributed by atoms with van der Waals surface area (Å²) >= 11 is 8.33. The molecule has 0 atom stereocenters. The molecule has 0 radical (unpaired) electrons. The van der Waals surface area contributed by atoms with Crippen molar-refractivity contribution >= 4 is 50.4 Å². The van der Waals surface area contributed by atoms with Crippen LogP contribution < -0.4 is 4.80 Å². The summed E-state index contributed by atoms with van der Waals surface area (Å²) in [6, 6.07) is 7.85. The van der Waals surface area contributed by atoms with Gasteiger partial charge in [-0.05, 0) is 37.3 Å². The predicted molar refractivity (Wildman–Crippen MR) is 95.5 cm³/mol. The van der Waals surface area contributed by atoms with E-state index in [0.717, 1.165) is 10.2 Å². The lowest BCUT2D eigenvalue weighted by atomic mass is 10.3. The zero-order valence-electron chi connectivity index (χ0n) is 12.8. The Morgan fingerprint density at radius 2 is 2.17 bits per heavy atom. The maximum Gasteiger partial charge on any atom is 0.289 e. The van der Waals surface area contributed by atoms with Gasteiger partial charge in [0, 0.05) is 13.2 Å². The molecule has 1 amide bonds. The normalized spacial score (nSPS) is 12.2. The van der Waals surface area contributed by atoms with E-state index in [1.54, 1.807) is 18.2 Å². The summed E-state index contributed by atoms with van der Waals surface area (Å²) in [6.45, 7) is 3.56. The summed E-state index contributed by atoms with van der Waals surface area (Å²) in [5.74, 6) is -0.673. The summed E-state index contributed by atoms with van der Waals surface area (Å²) in [5, 5.41) is 0. The number of thiazole rings is 1. The quantitative estimate of drug-likeness (QED) is 0.614. The summed E-state index contributed by atoms with van der Waals surface area (Å²) in [4.78, 5) is 17.5. The summed E-state index contributed by atoms with van der Waals surface area (Å²) in [5.41, 5.74) is 0.830. The molecule has 0 N–H and O–H groups in total. The van der Waals surface area contributed by atoms with E-state index in [1.807, 2.05) is 11.5 Å². The van der Waals surface area contributed by atoms with Crippen molar-refractivity contribution in [1.82, 2.24) is 4.57 Å². The van der Waals surface area contributed by atoms with Crippen LogP contribution in [0.2, 0.25) is 4.34 Å². The summed E-state index contributed by atoms with van der Waals surface area (Å²) < 4.78 is 22.0. The monoisotopic (exact) mass is 384 g/mol. The molecular weight excluding hydrogens is 371 g/mol. The lowest BCUT2D eigenvalue weighted by Crippen LogP contribution is -2.19. The Kier molecular flexibility index (Phi) is 5.45. The Hall–Kier alpha value is -1.54. The second-order valence-corrected chi connectivity index (χ2v) is 7.59. The van der Waals surface area contributed by atoms with E-state index in [1.165, 1.54) is 34.8 Å². The molecule has 126 valence electrons. The zero-order valence-corrected chi connectivity index (χ0v) is 15.2. The fourth-order valence-corrected chi connectivity index (χ4v) is 4.23. The van der Waals surface area contributed by atoms with Gasteiger partial charge in [-0.15, -0.1) is 11.3 Å². The highest BCUT2D eigenvalue weighted by Crippen LogP contribution is 2.22. The smallest absolute Gasteiger partial charge is 0.289 e. The van der Waals surface area contributed by atoms with Crippen LogP contribution in [0.1, 0.15) is 16.6 Å². The fourth-order valence-electron chi connectivity index (χ4n) is 2.22. The van der Waals surface area contributed by atoms with Crippen molar-refractivity contribution in [1.29, 1.82) is 0 Å². The van der Waals surface area contributed by atoms with Crippen molar-refractivity contribution in [3.05, 3.63) is 50.2 Å². The molecule has 0 fully saturated rings. The molecule has 2 aromatic heterocycles. The molecule has 3 rings (SSSR count). The van der Waals surface area contributed by atoms with Crippen molar-refractivity contribution in [2.45, 2.75) is 13.5 Å². The Morgan fingerprint density at radius 3 is 2.88 bits per heavy atom. The van der Waals surface area contributed by atoms with E-state index >= 15 is 0 Å². The average molecular weight is 385 g/mol. The number of ether oxygens (including phenoxy) is 1. The van der Waals surface area contributed by atoms with E-state index in [-0.39, 0.29) is 11.7 Å². The van der Waals surface area contributed by atoms with Crippen LogP contribution in [0.4, 0.5) is 4.39 Å². The number of hydrogen-bond donors (Lipinski definition) is 0. The summed E-state index contributed by atoms with van der Waals surface area (Å²) in [6.07, 6.45) is 0. The van der Waals surface area contributed by atoms with E-state index in [2.05, 4.69) is 4.99 Å². The molecule has 0 bridgehead atoms. The van der Waals surface area contributed by atoms with Crippen LogP contribution in [0.5, 0.6) is 0 Å². The summed E-state index contributed by atoms with van der Waals surface area (Å²) in [7, 11) is 0. The number of amides is 1. The van der Waals surface area contributed by atoms with Gasteiger partial charge >= 0.3 is 0 Å². The first-order valence-corrected chi connectivity index (χ1v) is 9.30. The Bertz CT molecular complexity index is 945. The number of halogens is 2. The van der Waals surface area contributed by atoms with Gasteiger partial charge < -0.3 is 9.30 Å². The lowest BCUT2D eigenvalue weighted by molar-refractivity contribution is 0.100. The Labute approximate surface area is 150 Å². The van der Waals surface area contributed by atoms with Crippen LogP contribution in [0, 0.1) is 5.82 Å². The number of thiophene rings is 1. The molecule has 0 aliphatic heterocycles. The fraction of sp³-hybridized carbons (Fsp3) is 0.250. The molecular formula is C16H14ClFN2O2S2. The number of rotatable bonds is 5. The highest BCUT2D eigenvalue weighted by Gasteiger charge is 2.11. The molecule has 1 aromatic carbocycles. The molecule has 0 saturated carbocycles. The van der Waals surface area contributed by atoms with Gasteiger partial charge in [0.2, 0.25) is 0 Å². The number of hydrogen-bond acceptors (Lipinski definition) is 4. The third-order valence-corrected chi connectivity index (χ3v) is 5.55. The first kappa shape index (κ1) is 17.3. The van der Waals surface area contributed by atoms with E-state index in [4.69, 9.17) is 16.3 Å². The standard InChI is InChI=1S/C16H14ClFN2O2S2/c1-2-22-8-7-20-11-4-3-10(18)9-13(11)24-16(20)19-15(21)12-5-6-14(17)23-12/h3-6,9H,2,7-8H2,1H3. The van der Waals surface area contributed by atoms with E-state index in [0.29, 0.717) is 33.8 Å². The van der Waals surface area contributed by atoms with Gasteiger partial charge in [0.25, 0.3) is 5.91 Å². The van der Waals surface area contributed by atoms with Gasteiger partial charge in [-0.1, -0.05) is 22.9 Å². The molecule has 0 saturated heterocycles. The minimum absolute atomic E-state index is 0.316. The minimum Gasteiger partial charge on any atom is -0.380 e. The van der Waals surface area contributed by atoms with Crippen LogP contribution in [-0.4, -0.2) is 23.7 Å². The number of aromatic nitrogens is 1. The number of nitrogens with zero attached hydrogens (tertiary/aromatic N) is 2. The van der Waals surface area contributed by atoms with Gasteiger partial charge in [0.15, 0.2) is 4.80 Å². The Morgan fingerprint density at radius 1 is 1.33 bits per heavy atom. The molecule has 24 heavy (non-hydrogen) atoms. The van der Waals surface area contributed by atoms with Crippen LogP contribution in [0.3, 0.4) is 0 Å². The third kappa shape index (κ3) is 3.75. The predicted octanol–water partition coefficient (Wildman–Crippen LogP) is 4.33. The largest absolute Gasteiger partial charge is 0.380 e. The molecule has 3 aromatic rings.